The summed E-state index contributed by atoms with van der Waals surface area (Å²) in [6.07, 6.45) is 6.86. The molecule has 2 heterocycles. The standard InChI is InChI=1S/2C11H17F2NO.2ClH.H2O/c2*12-11(13)9-3-1-2-4-10(9,11)14-5-7-15-8-6-14;;;/h2*9H,1-8H2;2*1H;1H2/t2*9-,10-;;;/m11.../s1. The van der Waals surface area contributed by atoms with Crippen LogP contribution in [-0.4, -0.2) is 81.0 Å². The number of alkyl halides is 4. The second-order valence-corrected chi connectivity index (χ2v) is 10.2. The molecule has 196 valence electrons. The number of nitrogens with one attached hydrogen (secondary N) is 2. The molecule has 2 saturated heterocycles. The zero-order valence-electron chi connectivity index (χ0n) is 19.1. The molecule has 4 saturated carbocycles. The zero-order chi connectivity index (χ0) is 21.0. The molecule has 33 heavy (non-hydrogen) atoms. The van der Waals surface area contributed by atoms with Gasteiger partial charge in [0, 0.05) is 12.8 Å². The molecule has 0 aromatic rings. The summed E-state index contributed by atoms with van der Waals surface area (Å²) >= 11 is 0. The van der Waals surface area contributed by atoms with Crippen LogP contribution in [-0.2, 0) is 9.47 Å². The Bertz CT molecular complexity index is 599. The molecule has 0 aromatic carbocycles. The highest BCUT2D eigenvalue weighted by Crippen LogP contribution is 2.64. The molecule has 0 spiro atoms. The Hall–Kier alpha value is 0.100. The van der Waals surface area contributed by atoms with Gasteiger partial charge in [-0.15, -0.1) is 0 Å². The van der Waals surface area contributed by atoms with E-state index < -0.39 is 22.9 Å². The van der Waals surface area contributed by atoms with E-state index in [1.807, 2.05) is 0 Å². The number of hydrogen-bond donors (Lipinski definition) is 2. The number of hydrogen-bond acceptors (Lipinski definition) is 2. The largest absolute Gasteiger partial charge is 1.00 e. The predicted octanol–water partition coefficient (Wildman–Crippen LogP) is -5.86. The molecule has 6 fully saturated rings. The maximum atomic E-state index is 13.9. The van der Waals surface area contributed by atoms with Gasteiger partial charge < -0.3 is 49.6 Å². The Balaban J connectivity index is 0.000000214. The molecule has 2 aliphatic heterocycles. The minimum absolute atomic E-state index is 0. The lowest BCUT2D eigenvalue weighted by molar-refractivity contribution is -0.951. The Kier molecular flexibility index (Phi) is 9.43. The van der Waals surface area contributed by atoms with Crippen LogP contribution in [0.15, 0.2) is 0 Å². The van der Waals surface area contributed by atoms with Crippen LogP contribution in [0.25, 0.3) is 0 Å². The third-order valence-electron chi connectivity index (χ3n) is 9.17. The molecule has 5 nitrogen and oxygen atoms in total. The summed E-state index contributed by atoms with van der Waals surface area (Å²) in [5.74, 6) is -5.44. The normalized spacial score (nSPS) is 40.7. The fourth-order valence-corrected chi connectivity index (χ4v) is 7.55. The number of morpholine rings is 2. The molecular weight excluding hydrogens is 487 g/mol. The van der Waals surface area contributed by atoms with E-state index in [0.717, 1.165) is 87.3 Å². The third-order valence-corrected chi connectivity index (χ3v) is 9.17. The van der Waals surface area contributed by atoms with E-state index in [1.165, 1.54) is 0 Å². The van der Waals surface area contributed by atoms with Crippen molar-refractivity contribution in [2.24, 2.45) is 11.8 Å². The Morgan fingerprint density at radius 3 is 1.21 bits per heavy atom. The summed E-state index contributed by atoms with van der Waals surface area (Å²) in [5, 5.41) is 0. The minimum Gasteiger partial charge on any atom is -1.00 e. The molecule has 0 amide bonds. The number of quaternary nitrogens is 2. The molecule has 4 atom stereocenters. The molecule has 11 heteroatoms. The van der Waals surface area contributed by atoms with Crippen LogP contribution < -0.4 is 34.6 Å². The van der Waals surface area contributed by atoms with Crippen LogP contribution in [0, 0.1) is 11.8 Å². The Morgan fingerprint density at radius 2 is 0.909 bits per heavy atom. The van der Waals surface area contributed by atoms with Crippen LogP contribution in [0.1, 0.15) is 51.4 Å². The van der Waals surface area contributed by atoms with Crippen LogP contribution in [0.4, 0.5) is 17.6 Å². The van der Waals surface area contributed by atoms with Gasteiger partial charge in [-0.2, -0.15) is 17.6 Å². The van der Waals surface area contributed by atoms with Gasteiger partial charge in [0.05, 0.1) is 38.3 Å². The van der Waals surface area contributed by atoms with Gasteiger partial charge in [0.25, 0.3) is 0 Å². The van der Waals surface area contributed by atoms with E-state index in [-0.39, 0.29) is 42.1 Å². The number of rotatable bonds is 2. The monoisotopic (exact) mass is 524 g/mol. The molecule has 0 aromatic heterocycles. The molecule has 6 aliphatic rings. The van der Waals surface area contributed by atoms with Crippen molar-refractivity contribution in [2.45, 2.75) is 74.3 Å². The van der Waals surface area contributed by atoms with Gasteiger partial charge in [-0.25, -0.2) is 0 Å². The first-order chi connectivity index (χ1) is 14.4. The van der Waals surface area contributed by atoms with Gasteiger partial charge in [-0.05, 0) is 25.7 Å². The SMILES string of the molecule is FC1(F)[C@@H]2CCCC[C@@]21[NH+]1CCOCC1.FC1(F)[C@@H]2CCCC[C@@]21[NH+]1CCOCC1.O.[Cl-].[Cl-]. The fourth-order valence-electron chi connectivity index (χ4n) is 7.55. The molecule has 6 rings (SSSR count). The van der Waals surface area contributed by atoms with E-state index in [0.29, 0.717) is 26.4 Å². The van der Waals surface area contributed by atoms with Crippen LogP contribution >= 0.6 is 0 Å². The van der Waals surface area contributed by atoms with Crippen molar-refractivity contribution < 1.29 is 67.1 Å². The average molecular weight is 525 g/mol. The summed E-state index contributed by atoms with van der Waals surface area (Å²) < 4.78 is 66.0. The first-order valence-corrected chi connectivity index (χ1v) is 12.0. The minimum atomic E-state index is -2.39. The van der Waals surface area contributed by atoms with Gasteiger partial charge in [0.15, 0.2) is 11.1 Å². The molecule has 4 N–H and O–H groups in total. The lowest BCUT2D eigenvalue weighted by atomic mass is 9.93. The van der Waals surface area contributed by atoms with Crippen LogP contribution in [0.2, 0.25) is 0 Å². The van der Waals surface area contributed by atoms with Crippen molar-refractivity contribution >= 4 is 0 Å². The Morgan fingerprint density at radius 1 is 0.576 bits per heavy atom. The maximum absolute atomic E-state index is 13.9. The van der Waals surface area contributed by atoms with Crippen LogP contribution in [0.5, 0.6) is 0 Å². The van der Waals surface area contributed by atoms with E-state index in [2.05, 4.69) is 0 Å². The van der Waals surface area contributed by atoms with Gasteiger partial charge in [0.2, 0.25) is 0 Å². The third kappa shape index (κ3) is 4.31. The summed E-state index contributed by atoms with van der Waals surface area (Å²) in [6, 6.07) is 0. The van der Waals surface area contributed by atoms with Crippen molar-refractivity contribution in [2.75, 3.05) is 52.6 Å². The van der Waals surface area contributed by atoms with Gasteiger partial charge in [-0.3, -0.25) is 0 Å². The first-order valence-electron chi connectivity index (χ1n) is 12.0. The highest BCUT2D eigenvalue weighted by Gasteiger charge is 2.87. The molecular formula is C22H38Cl2F4N2O3. The highest BCUT2D eigenvalue weighted by molar-refractivity contribution is 5.22. The van der Waals surface area contributed by atoms with E-state index in [1.54, 1.807) is 0 Å². The summed E-state index contributed by atoms with van der Waals surface area (Å²) in [6.45, 7) is 5.69. The van der Waals surface area contributed by atoms with Crippen molar-refractivity contribution in [1.29, 1.82) is 0 Å². The molecule has 4 aliphatic carbocycles. The Labute approximate surface area is 206 Å². The van der Waals surface area contributed by atoms with Gasteiger partial charge in [0.1, 0.15) is 26.2 Å². The highest BCUT2D eigenvalue weighted by atomic mass is 35.5. The summed E-state index contributed by atoms with van der Waals surface area (Å²) in [7, 11) is 0. The topological polar surface area (TPSA) is 58.8 Å². The van der Waals surface area contributed by atoms with Gasteiger partial charge in [-0.1, -0.05) is 12.8 Å². The quantitative estimate of drug-likeness (QED) is 0.353. The zero-order valence-corrected chi connectivity index (χ0v) is 20.6. The smallest absolute Gasteiger partial charge is 0.310 e. The van der Waals surface area contributed by atoms with E-state index in [9.17, 15) is 17.6 Å². The fraction of sp³-hybridized carbons (Fsp3) is 1.00. The molecule has 0 unspecified atom stereocenters. The lowest BCUT2D eigenvalue weighted by Gasteiger charge is -2.33. The van der Waals surface area contributed by atoms with Crippen molar-refractivity contribution in [3.63, 3.8) is 0 Å². The van der Waals surface area contributed by atoms with Crippen LogP contribution in [0.3, 0.4) is 0 Å². The second kappa shape index (κ2) is 10.6. The van der Waals surface area contributed by atoms with E-state index >= 15 is 0 Å². The summed E-state index contributed by atoms with van der Waals surface area (Å²) in [4.78, 5) is 2.23. The van der Waals surface area contributed by atoms with Crippen molar-refractivity contribution in [1.82, 2.24) is 0 Å². The number of ether oxygens (including phenoxy) is 2. The van der Waals surface area contributed by atoms with Crippen molar-refractivity contribution in [3.05, 3.63) is 0 Å². The lowest BCUT2D eigenvalue weighted by Crippen LogP contribution is -3.20. The van der Waals surface area contributed by atoms with Crippen molar-refractivity contribution in [3.8, 4) is 0 Å². The predicted molar refractivity (Wildman–Crippen MR) is 106 cm³/mol. The first kappa shape index (κ1) is 29.3. The molecule has 0 radical (unpaired) electrons. The van der Waals surface area contributed by atoms with Gasteiger partial charge >= 0.3 is 11.8 Å². The number of fused-ring (bicyclic) bond motifs is 2. The maximum Gasteiger partial charge on any atom is 0.310 e. The van der Waals surface area contributed by atoms with E-state index in [4.69, 9.17) is 9.47 Å². The average Bonchev–Trinajstić information content (AvgIpc) is 3.53. The molecule has 0 bridgehead atoms. The second-order valence-electron chi connectivity index (χ2n) is 10.2. The number of halogens is 6. The summed E-state index contributed by atoms with van der Waals surface area (Å²) in [5.41, 5.74) is -1.37.